The van der Waals surface area contributed by atoms with Crippen LogP contribution in [0.25, 0.3) is 0 Å². The molecule has 0 saturated heterocycles. The Morgan fingerprint density at radius 1 is 1.31 bits per heavy atom. The van der Waals surface area contributed by atoms with Crippen molar-refractivity contribution >= 4 is 15.9 Å². The van der Waals surface area contributed by atoms with Gasteiger partial charge in [-0.25, -0.2) is 9.37 Å². The molecule has 1 aromatic heterocycles. The molecular formula is C12H9BrFNO. The highest BCUT2D eigenvalue weighted by Crippen LogP contribution is 2.27. The molecule has 1 heterocycles. The molecule has 0 radical (unpaired) electrons. The molecule has 0 N–H and O–H groups in total. The Bertz CT molecular complexity index is 516. The Morgan fingerprint density at radius 2 is 2.12 bits per heavy atom. The lowest BCUT2D eigenvalue weighted by molar-refractivity contribution is 0.420. The van der Waals surface area contributed by atoms with E-state index in [2.05, 4.69) is 20.9 Å². The van der Waals surface area contributed by atoms with Crippen molar-refractivity contribution in [2.75, 3.05) is 0 Å². The summed E-state index contributed by atoms with van der Waals surface area (Å²) in [6, 6.07) is 8.35. The molecule has 4 heteroatoms. The zero-order valence-corrected chi connectivity index (χ0v) is 10.2. The highest BCUT2D eigenvalue weighted by atomic mass is 79.9. The van der Waals surface area contributed by atoms with Crippen LogP contribution >= 0.6 is 15.9 Å². The minimum Gasteiger partial charge on any atom is -0.436 e. The van der Waals surface area contributed by atoms with Crippen molar-refractivity contribution in [3.8, 4) is 11.6 Å². The average molecular weight is 282 g/mol. The Labute approximate surface area is 101 Å². The van der Waals surface area contributed by atoms with Gasteiger partial charge in [0.1, 0.15) is 5.75 Å². The topological polar surface area (TPSA) is 22.1 Å². The fourth-order valence-corrected chi connectivity index (χ4v) is 1.75. The maximum Gasteiger partial charge on any atom is 0.255 e. The van der Waals surface area contributed by atoms with Gasteiger partial charge >= 0.3 is 0 Å². The minimum atomic E-state index is -0.468. The molecule has 82 valence electrons. The molecule has 2 rings (SSSR count). The van der Waals surface area contributed by atoms with Gasteiger partial charge in [0.15, 0.2) is 5.82 Å². The number of hydrogen-bond donors (Lipinski definition) is 0. The van der Waals surface area contributed by atoms with E-state index in [0.717, 1.165) is 10.0 Å². The molecule has 0 aliphatic heterocycles. The first-order valence-corrected chi connectivity index (χ1v) is 5.50. The summed E-state index contributed by atoms with van der Waals surface area (Å²) in [7, 11) is 0. The van der Waals surface area contributed by atoms with Gasteiger partial charge < -0.3 is 4.74 Å². The second-order valence-electron chi connectivity index (χ2n) is 3.30. The maximum absolute atomic E-state index is 13.3. The smallest absolute Gasteiger partial charge is 0.255 e. The van der Waals surface area contributed by atoms with Crippen molar-refractivity contribution in [3.63, 3.8) is 0 Å². The molecule has 0 aliphatic rings. The molecule has 0 bridgehead atoms. The predicted octanol–water partition coefficient (Wildman–Crippen LogP) is 4.08. The zero-order chi connectivity index (χ0) is 11.5. The van der Waals surface area contributed by atoms with Crippen LogP contribution in [0.2, 0.25) is 0 Å². The van der Waals surface area contributed by atoms with Crippen LogP contribution in [0.1, 0.15) is 5.56 Å². The molecule has 0 fully saturated rings. The maximum atomic E-state index is 13.3. The van der Waals surface area contributed by atoms with Gasteiger partial charge in [0.25, 0.3) is 5.88 Å². The first-order valence-electron chi connectivity index (χ1n) is 4.71. The molecule has 1 aromatic carbocycles. The average Bonchev–Trinajstić information content (AvgIpc) is 2.25. The summed E-state index contributed by atoms with van der Waals surface area (Å²) in [5, 5.41) is 0. The van der Waals surface area contributed by atoms with Gasteiger partial charge in [-0.05, 0) is 42.8 Å². The zero-order valence-electron chi connectivity index (χ0n) is 8.58. The quantitative estimate of drug-likeness (QED) is 0.827. The number of ether oxygens (including phenoxy) is 1. The number of aromatic nitrogens is 1. The van der Waals surface area contributed by atoms with Gasteiger partial charge in [-0.1, -0.05) is 15.9 Å². The van der Waals surface area contributed by atoms with Crippen LogP contribution in [-0.4, -0.2) is 4.98 Å². The first kappa shape index (κ1) is 11.1. The summed E-state index contributed by atoms with van der Waals surface area (Å²) < 4.78 is 19.6. The summed E-state index contributed by atoms with van der Waals surface area (Å²) in [5.41, 5.74) is 0.916. The van der Waals surface area contributed by atoms with Crippen molar-refractivity contribution in [1.29, 1.82) is 0 Å². The van der Waals surface area contributed by atoms with E-state index in [0.29, 0.717) is 5.75 Å². The number of hydrogen-bond acceptors (Lipinski definition) is 2. The third-order valence-electron chi connectivity index (χ3n) is 2.07. The van der Waals surface area contributed by atoms with Gasteiger partial charge in [0, 0.05) is 10.7 Å². The second kappa shape index (κ2) is 4.61. The van der Waals surface area contributed by atoms with Crippen molar-refractivity contribution < 1.29 is 9.13 Å². The third-order valence-corrected chi connectivity index (χ3v) is 2.56. The molecule has 0 aliphatic carbocycles. The van der Waals surface area contributed by atoms with E-state index in [1.54, 1.807) is 6.07 Å². The molecule has 0 spiro atoms. The fourth-order valence-electron chi connectivity index (χ4n) is 1.28. The Morgan fingerprint density at radius 3 is 2.81 bits per heavy atom. The number of halogens is 2. The van der Waals surface area contributed by atoms with Crippen molar-refractivity contribution in [1.82, 2.24) is 4.98 Å². The monoisotopic (exact) mass is 281 g/mol. The molecule has 0 amide bonds. The third kappa shape index (κ3) is 2.39. The molecule has 2 aromatic rings. The van der Waals surface area contributed by atoms with Crippen LogP contribution in [0.4, 0.5) is 4.39 Å². The van der Waals surface area contributed by atoms with E-state index in [4.69, 9.17) is 4.74 Å². The molecule has 0 unspecified atom stereocenters. The summed E-state index contributed by atoms with van der Waals surface area (Å²) in [4.78, 5) is 3.83. The van der Waals surface area contributed by atoms with Crippen molar-refractivity contribution in [2.45, 2.75) is 6.92 Å². The lowest BCUT2D eigenvalue weighted by atomic mass is 10.2. The minimum absolute atomic E-state index is 0.00655. The van der Waals surface area contributed by atoms with Gasteiger partial charge in [-0.3, -0.25) is 0 Å². The van der Waals surface area contributed by atoms with E-state index in [1.165, 1.54) is 18.3 Å². The number of nitrogens with zero attached hydrogens (tertiary/aromatic N) is 1. The molecule has 0 saturated carbocycles. The van der Waals surface area contributed by atoms with Gasteiger partial charge in [-0.2, -0.15) is 0 Å². The lowest BCUT2D eigenvalue weighted by Gasteiger charge is -2.08. The van der Waals surface area contributed by atoms with E-state index >= 15 is 0 Å². The Balaban J connectivity index is 2.31. The SMILES string of the molecule is Cc1cc(Br)ccc1Oc1ncccc1F. The highest BCUT2D eigenvalue weighted by molar-refractivity contribution is 9.10. The standard InChI is InChI=1S/C12H9BrFNO/c1-8-7-9(13)4-5-11(8)16-12-10(14)3-2-6-15-12/h2-7H,1H3. The van der Waals surface area contributed by atoms with E-state index < -0.39 is 5.82 Å². The van der Waals surface area contributed by atoms with Crippen LogP contribution in [0.15, 0.2) is 41.0 Å². The predicted molar refractivity (Wildman–Crippen MR) is 63.1 cm³/mol. The molecule has 16 heavy (non-hydrogen) atoms. The molecular weight excluding hydrogens is 273 g/mol. The summed E-state index contributed by atoms with van der Waals surface area (Å²) in [5.74, 6) is 0.124. The molecule has 2 nitrogen and oxygen atoms in total. The Hall–Kier alpha value is -1.42. The van der Waals surface area contributed by atoms with Crippen molar-refractivity contribution in [2.24, 2.45) is 0 Å². The van der Waals surface area contributed by atoms with Crippen molar-refractivity contribution in [3.05, 3.63) is 52.4 Å². The molecule has 0 atom stereocenters. The van der Waals surface area contributed by atoms with Gasteiger partial charge in [-0.15, -0.1) is 0 Å². The summed E-state index contributed by atoms with van der Waals surface area (Å²) in [6.45, 7) is 1.89. The van der Waals surface area contributed by atoms with E-state index in [-0.39, 0.29) is 5.88 Å². The van der Waals surface area contributed by atoms with Crippen LogP contribution in [0, 0.1) is 12.7 Å². The van der Waals surface area contributed by atoms with Gasteiger partial charge in [0.05, 0.1) is 0 Å². The summed E-state index contributed by atoms with van der Waals surface area (Å²) in [6.07, 6.45) is 1.49. The number of aryl methyl sites for hydroxylation is 1. The van der Waals surface area contributed by atoms with E-state index in [9.17, 15) is 4.39 Å². The number of benzene rings is 1. The van der Waals surface area contributed by atoms with Crippen LogP contribution in [0.5, 0.6) is 11.6 Å². The van der Waals surface area contributed by atoms with Crippen LogP contribution in [-0.2, 0) is 0 Å². The largest absolute Gasteiger partial charge is 0.436 e. The number of pyridine rings is 1. The lowest BCUT2D eigenvalue weighted by Crippen LogP contribution is -1.92. The van der Waals surface area contributed by atoms with E-state index in [1.807, 2.05) is 19.1 Å². The highest BCUT2D eigenvalue weighted by Gasteiger charge is 2.07. The fraction of sp³-hybridized carbons (Fsp3) is 0.0833. The first-order chi connectivity index (χ1) is 7.66. The van der Waals surface area contributed by atoms with Gasteiger partial charge in [0.2, 0.25) is 0 Å². The second-order valence-corrected chi connectivity index (χ2v) is 4.22. The van der Waals surface area contributed by atoms with Crippen LogP contribution in [0.3, 0.4) is 0 Å². The number of rotatable bonds is 2. The van der Waals surface area contributed by atoms with Crippen LogP contribution < -0.4 is 4.74 Å². The normalized spacial score (nSPS) is 10.2. The Kier molecular flexibility index (Phi) is 3.19. The summed E-state index contributed by atoms with van der Waals surface area (Å²) >= 11 is 3.35.